The van der Waals surface area contributed by atoms with Crippen LogP contribution in [0.4, 0.5) is 4.39 Å². The lowest BCUT2D eigenvalue weighted by Gasteiger charge is -2.31. The number of thioether (sulfide) groups is 1. The number of pyridine rings is 1. The van der Waals surface area contributed by atoms with Gasteiger partial charge in [-0.3, -0.25) is 9.59 Å². The van der Waals surface area contributed by atoms with Crippen molar-refractivity contribution in [1.29, 1.82) is 0 Å². The van der Waals surface area contributed by atoms with E-state index in [1.165, 1.54) is 35.2 Å². The Balaban J connectivity index is 1.33. The second-order valence-corrected chi connectivity index (χ2v) is 11.6. The third kappa shape index (κ3) is 7.05. The highest BCUT2D eigenvalue weighted by Gasteiger charge is 2.29. The number of aromatic nitrogens is 2. The van der Waals surface area contributed by atoms with Gasteiger partial charge in [-0.2, -0.15) is 0 Å². The van der Waals surface area contributed by atoms with E-state index in [0.29, 0.717) is 36.5 Å². The topological polar surface area (TPSA) is 75.2 Å². The van der Waals surface area contributed by atoms with Gasteiger partial charge in [0.05, 0.1) is 10.6 Å². The van der Waals surface area contributed by atoms with Crippen molar-refractivity contribution in [2.24, 2.45) is 0 Å². The average molecular weight is 539 g/mol. The van der Waals surface area contributed by atoms with Crippen molar-refractivity contribution in [2.75, 3.05) is 18.8 Å². The number of piperidine rings is 1. The van der Waals surface area contributed by atoms with Crippen LogP contribution in [0.5, 0.6) is 0 Å². The van der Waals surface area contributed by atoms with Gasteiger partial charge in [-0.05, 0) is 62.9 Å². The van der Waals surface area contributed by atoms with Gasteiger partial charge in [-0.25, -0.2) is 14.4 Å². The molecule has 1 aliphatic heterocycles. The Labute approximate surface area is 225 Å². The third-order valence-corrected chi connectivity index (χ3v) is 8.25. The molecule has 0 radical (unpaired) electrons. The molecule has 0 unspecified atom stereocenters. The number of amides is 2. The first-order valence-corrected chi connectivity index (χ1v) is 14.1. The zero-order chi connectivity index (χ0) is 26.4. The van der Waals surface area contributed by atoms with Gasteiger partial charge in [-0.15, -0.1) is 29.7 Å². The Morgan fingerprint density at radius 1 is 1.24 bits per heavy atom. The molecule has 194 valence electrons. The average Bonchev–Trinajstić information content (AvgIpc) is 3.39. The molecule has 1 saturated heterocycles. The van der Waals surface area contributed by atoms with Crippen molar-refractivity contribution in [3.63, 3.8) is 0 Å². The second kappa shape index (κ2) is 12.0. The Kier molecular flexibility index (Phi) is 8.76. The number of nitrogens with one attached hydrogen (secondary N) is 1. The molecule has 0 aliphatic carbocycles. The number of rotatable bonds is 9. The Hall–Kier alpha value is -3.04. The monoisotopic (exact) mass is 538 g/mol. The van der Waals surface area contributed by atoms with E-state index >= 15 is 0 Å². The SMILES string of the molecule is C=CCSc1ncccc1C(=O)N1CCC(c2nc(C(=O)NC(C)(C)Cc3ccc(F)cc3)cs2)CC1. The summed E-state index contributed by atoms with van der Waals surface area (Å²) in [6.45, 7) is 8.90. The summed E-state index contributed by atoms with van der Waals surface area (Å²) in [5, 5.41) is 6.51. The van der Waals surface area contributed by atoms with Crippen LogP contribution in [0.3, 0.4) is 0 Å². The van der Waals surface area contributed by atoms with Crippen molar-refractivity contribution in [1.82, 2.24) is 20.2 Å². The minimum Gasteiger partial charge on any atom is -0.345 e. The highest BCUT2D eigenvalue weighted by molar-refractivity contribution is 7.99. The van der Waals surface area contributed by atoms with Crippen LogP contribution in [0.1, 0.15) is 64.0 Å². The summed E-state index contributed by atoms with van der Waals surface area (Å²) < 4.78 is 13.2. The summed E-state index contributed by atoms with van der Waals surface area (Å²) in [5.41, 5.74) is 1.47. The highest BCUT2D eigenvalue weighted by Crippen LogP contribution is 2.32. The number of carbonyl (C=O) groups excluding carboxylic acids is 2. The van der Waals surface area contributed by atoms with Crippen molar-refractivity contribution < 1.29 is 14.0 Å². The molecule has 9 heteroatoms. The molecule has 37 heavy (non-hydrogen) atoms. The van der Waals surface area contributed by atoms with E-state index in [2.05, 4.69) is 21.9 Å². The van der Waals surface area contributed by atoms with Crippen LogP contribution in [0, 0.1) is 5.82 Å². The fourth-order valence-corrected chi connectivity index (χ4v) is 6.11. The van der Waals surface area contributed by atoms with Crippen LogP contribution in [-0.4, -0.2) is 51.1 Å². The predicted octanol–water partition coefficient (Wildman–Crippen LogP) is 5.73. The quantitative estimate of drug-likeness (QED) is 0.278. The van der Waals surface area contributed by atoms with Gasteiger partial charge in [0.1, 0.15) is 16.5 Å². The Morgan fingerprint density at radius 3 is 2.68 bits per heavy atom. The minimum absolute atomic E-state index is 0.000652. The molecule has 2 aromatic heterocycles. The molecule has 1 N–H and O–H groups in total. The molecule has 1 aromatic carbocycles. The molecule has 6 nitrogen and oxygen atoms in total. The van der Waals surface area contributed by atoms with Gasteiger partial charge in [0.2, 0.25) is 0 Å². The second-order valence-electron chi connectivity index (χ2n) is 9.73. The number of hydrogen-bond acceptors (Lipinski definition) is 6. The van der Waals surface area contributed by atoms with E-state index in [0.717, 1.165) is 28.4 Å². The van der Waals surface area contributed by atoms with Crippen LogP contribution in [0.25, 0.3) is 0 Å². The summed E-state index contributed by atoms with van der Waals surface area (Å²) in [6.07, 6.45) is 5.67. The van der Waals surface area contributed by atoms with E-state index in [1.807, 2.05) is 24.8 Å². The molecule has 0 saturated carbocycles. The largest absolute Gasteiger partial charge is 0.345 e. The van der Waals surface area contributed by atoms with Gasteiger partial charge in [0, 0.05) is 41.9 Å². The van der Waals surface area contributed by atoms with Crippen molar-refractivity contribution in [3.05, 3.63) is 88.3 Å². The number of carbonyl (C=O) groups is 2. The number of benzene rings is 1. The number of halogens is 1. The molecular weight excluding hydrogens is 507 g/mol. The molecular formula is C28H31FN4O2S2. The van der Waals surface area contributed by atoms with Gasteiger partial charge < -0.3 is 10.2 Å². The number of thiazole rings is 1. The summed E-state index contributed by atoms with van der Waals surface area (Å²) in [4.78, 5) is 37.0. The molecule has 1 fully saturated rings. The molecule has 3 heterocycles. The van der Waals surface area contributed by atoms with E-state index in [-0.39, 0.29) is 23.5 Å². The van der Waals surface area contributed by atoms with E-state index in [9.17, 15) is 14.0 Å². The predicted molar refractivity (Wildman–Crippen MR) is 147 cm³/mol. The first kappa shape index (κ1) is 27.0. The number of likely N-dealkylation sites (tertiary alicyclic amines) is 1. The maximum absolute atomic E-state index is 13.2. The zero-order valence-corrected chi connectivity index (χ0v) is 22.7. The molecule has 4 rings (SSSR count). The molecule has 2 amide bonds. The third-order valence-electron chi connectivity index (χ3n) is 6.24. The smallest absolute Gasteiger partial charge is 0.271 e. The van der Waals surface area contributed by atoms with Crippen molar-refractivity contribution in [3.8, 4) is 0 Å². The van der Waals surface area contributed by atoms with Gasteiger partial charge in [0.15, 0.2) is 0 Å². The summed E-state index contributed by atoms with van der Waals surface area (Å²) in [6, 6.07) is 9.94. The molecule has 0 atom stereocenters. The van der Waals surface area contributed by atoms with E-state index in [4.69, 9.17) is 0 Å². The molecule has 1 aliphatic rings. The number of hydrogen-bond donors (Lipinski definition) is 1. The van der Waals surface area contributed by atoms with Gasteiger partial charge >= 0.3 is 0 Å². The maximum atomic E-state index is 13.2. The first-order chi connectivity index (χ1) is 17.8. The normalized spacial score (nSPS) is 14.4. The molecule has 0 spiro atoms. The van der Waals surface area contributed by atoms with E-state index < -0.39 is 5.54 Å². The highest BCUT2D eigenvalue weighted by atomic mass is 32.2. The van der Waals surface area contributed by atoms with Crippen LogP contribution < -0.4 is 5.32 Å². The lowest BCUT2D eigenvalue weighted by molar-refractivity contribution is 0.0708. The molecule has 0 bridgehead atoms. The summed E-state index contributed by atoms with van der Waals surface area (Å²) in [7, 11) is 0. The lowest BCUT2D eigenvalue weighted by Crippen LogP contribution is -2.45. The summed E-state index contributed by atoms with van der Waals surface area (Å²) >= 11 is 3.00. The standard InChI is InChI=1S/C28H31FN4O2S2/c1-4-16-36-26-22(6-5-13-30-26)27(35)33-14-11-20(12-15-33)25-31-23(18-37-25)24(34)32-28(2,3)17-19-7-9-21(29)10-8-19/h4-10,13,18,20H,1,11-12,14-17H2,2-3H3,(H,32,34). The van der Waals surface area contributed by atoms with Crippen LogP contribution in [0.15, 0.2) is 65.7 Å². The van der Waals surface area contributed by atoms with Crippen LogP contribution >= 0.6 is 23.1 Å². The maximum Gasteiger partial charge on any atom is 0.271 e. The van der Waals surface area contributed by atoms with Gasteiger partial charge in [0.25, 0.3) is 11.8 Å². The Bertz CT molecular complexity index is 1250. The summed E-state index contributed by atoms with van der Waals surface area (Å²) in [5.74, 6) is 0.415. The lowest BCUT2D eigenvalue weighted by atomic mass is 9.94. The van der Waals surface area contributed by atoms with Gasteiger partial charge in [-0.1, -0.05) is 18.2 Å². The fourth-order valence-electron chi connectivity index (χ4n) is 4.41. The molecule has 3 aromatic rings. The first-order valence-electron chi connectivity index (χ1n) is 12.3. The van der Waals surface area contributed by atoms with Crippen LogP contribution in [0.2, 0.25) is 0 Å². The van der Waals surface area contributed by atoms with Crippen molar-refractivity contribution >= 4 is 34.9 Å². The fraction of sp³-hybridized carbons (Fsp3) is 0.357. The number of nitrogens with zero attached hydrogens (tertiary/aromatic N) is 3. The zero-order valence-electron chi connectivity index (χ0n) is 21.1. The minimum atomic E-state index is -0.514. The Morgan fingerprint density at radius 2 is 1.97 bits per heavy atom. The van der Waals surface area contributed by atoms with E-state index in [1.54, 1.807) is 35.9 Å². The van der Waals surface area contributed by atoms with Crippen molar-refractivity contribution in [2.45, 2.75) is 49.6 Å². The van der Waals surface area contributed by atoms with Crippen LogP contribution in [-0.2, 0) is 6.42 Å².